The molecule has 64 valence electrons. The molecule has 0 unspecified atom stereocenters. The largest absolute Gasteiger partial charge is 0.392 e. The van der Waals surface area contributed by atoms with Crippen molar-refractivity contribution in [3.05, 3.63) is 34.3 Å². The first-order chi connectivity index (χ1) is 6.27. The van der Waals surface area contributed by atoms with Gasteiger partial charge >= 0.3 is 0 Å². The van der Waals surface area contributed by atoms with Crippen molar-refractivity contribution < 1.29 is 5.11 Å². The molecule has 0 spiro atoms. The van der Waals surface area contributed by atoms with E-state index in [0.29, 0.717) is 16.1 Å². The quantitative estimate of drug-likeness (QED) is 0.687. The lowest BCUT2D eigenvalue weighted by molar-refractivity contribution is 0.281. The topological polar surface area (TPSA) is 44.0 Å². The van der Waals surface area contributed by atoms with E-state index in [4.69, 9.17) is 22.0 Å². The van der Waals surface area contributed by atoms with Crippen LogP contribution in [0.3, 0.4) is 0 Å². The highest BCUT2D eigenvalue weighted by atomic mass is 35.5. The summed E-state index contributed by atoms with van der Waals surface area (Å²) >= 11 is 5.71. The van der Waals surface area contributed by atoms with Crippen LogP contribution >= 0.6 is 11.6 Å². The number of nitrogens with zero attached hydrogens (tertiary/aromatic N) is 1. The SMILES string of the molecule is N#CC#Cc1ccc(Cl)cc1CO. The summed E-state index contributed by atoms with van der Waals surface area (Å²) in [6, 6.07) is 6.68. The van der Waals surface area contributed by atoms with Gasteiger partial charge in [-0.3, -0.25) is 0 Å². The number of rotatable bonds is 1. The van der Waals surface area contributed by atoms with Crippen molar-refractivity contribution in [2.45, 2.75) is 6.61 Å². The lowest BCUT2D eigenvalue weighted by Crippen LogP contribution is -1.88. The van der Waals surface area contributed by atoms with Gasteiger partial charge in [0.15, 0.2) is 6.07 Å². The first-order valence-electron chi connectivity index (χ1n) is 3.57. The van der Waals surface area contributed by atoms with Crippen LogP contribution in [0.15, 0.2) is 18.2 Å². The molecule has 3 heteroatoms. The molecule has 0 saturated heterocycles. The predicted octanol–water partition coefficient (Wildman–Crippen LogP) is 1.71. The van der Waals surface area contributed by atoms with Gasteiger partial charge in [-0.1, -0.05) is 17.5 Å². The maximum atomic E-state index is 8.93. The van der Waals surface area contributed by atoms with Gasteiger partial charge < -0.3 is 5.11 Å². The summed E-state index contributed by atoms with van der Waals surface area (Å²) in [6.07, 6.45) is 0. The molecule has 0 fully saturated rings. The molecule has 1 aromatic rings. The van der Waals surface area contributed by atoms with E-state index >= 15 is 0 Å². The molecule has 0 heterocycles. The molecule has 2 nitrogen and oxygen atoms in total. The monoisotopic (exact) mass is 191 g/mol. The molecular formula is C10H6ClNO. The first-order valence-corrected chi connectivity index (χ1v) is 3.95. The maximum absolute atomic E-state index is 8.93. The molecule has 1 aromatic carbocycles. The van der Waals surface area contributed by atoms with E-state index in [-0.39, 0.29) is 6.61 Å². The van der Waals surface area contributed by atoms with Crippen molar-refractivity contribution in [3.8, 4) is 17.9 Å². The van der Waals surface area contributed by atoms with E-state index in [1.54, 1.807) is 24.3 Å². The molecule has 0 bridgehead atoms. The third-order valence-electron chi connectivity index (χ3n) is 1.49. The first kappa shape index (κ1) is 9.61. The summed E-state index contributed by atoms with van der Waals surface area (Å²) in [6.45, 7) is -0.129. The number of halogens is 1. The van der Waals surface area contributed by atoms with Gasteiger partial charge in [-0.05, 0) is 23.8 Å². The summed E-state index contributed by atoms with van der Waals surface area (Å²) in [5, 5.41) is 17.7. The summed E-state index contributed by atoms with van der Waals surface area (Å²) in [4.78, 5) is 0. The Hall–Kier alpha value is -1.48. The second kappa shape index (κ2) is 4.52. The van der Waals surface area contributed by atoms with Crippen LogP contribution in [0.4, 0.5) is 0 Å². The third-order valence-corrected chi connectivity index (χ3v) is 1.73. The molecule has 0 aliphatic rings. The Labute approximate surface area is 81.4 Å². The molecule has 0 aliphatic carbocycles. The molecule has 1 rings (SSSR count). The zero-order valence-corrected chi connectivity index (χ0v) is 7.47. The van der Waals surface area contributed by atoms with Gasteiger partial charge in [0.2, 0.25) is 0 Å². The number of aliphatic hydroxyl groups is 1. The number of nitriles is 1. The normalized spacial score (nSPS) is 8.38. The molecule has 13 heavy (non-hydrogen) atoms. The van der Waals surface area contributed by atoms with Crippen molar-refractivity contribution >= 4 is 11.6 Å². The second-order valence-corrected chi connectivity index (χ2v) is 2.76. The van der Waals surface area contributed by atoms with Crippen LogP contribution in [-0.2, 0) is 6.61 Å². The minimum atomic E-state index is -0.129. The Morgan fingerprint density at radius 2 is 2.23 bits per heavy atom. The van der Waals surface area contributed by atoms with Gasteiger partial charge in [0.1, 0.15) is 0 Å². The van der Waals surface area contributed by atoms with Crippen LogP contribution in [0, 0.1) is 23.2 Å². The minimum Gasteiger partial charge on any atom is -0.392 e. The summed E-state index contributed by atoms with van der Waals surface area (Å²) in [7, 11) is 0. The summed E-state index contributed by atoms with van der Waals surface area (Å²) < 4.78 is 0. The van der Waals surface area contributed by atoms with Crippen LogP contribution in [0.25, 0.3) is 0 Å². The van der Waals surface area contributed by atoms with Crippen LogP contribution in [0.5, 0.6) is 0 Å². The molecule has 0 aromatic heterocycles. The fourth-order valence-electron chi connectivity index (χ4n) is 0.910. The Kier molecular flexibility index (Phi) is 3.34. The number of hydrogen-bond acceptors (Lipinski definition) is 2. The third kappa shape index (κ3) is 2.49. The fraction of sp³-hybridized carbons (Fsp3) is 0.100. The Morgan fingerprint density at radius 3 is 2.85 bits per heavy atom. The van der Waals surface area contributed by atoms with Gasteiger partial charge in [0, 0.05) is 16.5 Å². The van der Waals surface area contributed by atoms with E-state index in [9.17, 15) is 0 Å². The fourth-order valence-corrected chi connectivity index (χ4v) is 1.11. The van der Waals surface area contributed by atoms with E-state index in [0.717, 1.165) is 0 Å². The van der Waals surface area contributed by atoms with Crippen LogP contribution in [-0.4, -0.2) is 5.11 Å². The maximum Gasteiger partial charge on any atom is 0.152 e. The van der Waals surface area contributed by atoms with Crippen molar-refractivity contribution in [3.63, 3.8) is 0 Å². The standard InChI is InChI=1S/C10H6ClNO/c11-10-4-3-8(2-1-5-12)9(6-10)7-13/h3-4,6,13H,7H2. The van der Waals surface area contributed by atoms with Gasteiger partial charge in [-0.25, -0.2) is 0 Å². The van der Waals surface area contributed by atoms with Gasteiger partial charge in [0.25, 0.3) is 0 Å². The van der Waals surface area contributed by atoms with Crippen molar-refractivity contribution in [1.29, 1.82) is 5.26 Å². The Balaban J connectivity index is 3.15. The second-order valence-electron chi connectivity index (χ2n) is 2.32. The zero-order chi connectivity index (χ0) is 9.68. The number of benzene rings is 1. The van der Waals surface area contributed by atoms with Gasteiger partial charge in [-0.2, -0.15) is 5.26 Å². The minimum absolute atomic E-state index is 0.129. The molecule has 0 radical (unpaired) electrons. The van der Waals surface area contributed by atoms with Crippen molar-refractivity contribution in [2.75, 3.05) is 0 Å². The summed E-state index contributed by atoms with van der Waals surface area (Å²) in [5.41, 5.74) is 1.27. The lowest BCUT2D eigenvalue weighted by Gasteiger charge is -1.99. The zero-order valence-electron chi connectivity index (χ0n) is 6.71. The molecule has 0 atom stereocenters. The Bertz CT molecular complexity index is 409. The van der Waals surface area contributed by atoms with Crippen LogP contribution in [0.1, 0.15) is 11.1 Å². The molecule has 0 saturated carbocycles. The van der Waals surface area contributed by atoms with Gasteiger partial charge in [0.05, 0.1) is 6.61 Å². The van der Waals surface area contributed by atoms with Crippen LogP contribution in [0.2, 0.25) is 5.02 Å². The van der Waals surface area contributed by atoms with Crippen LogP contribution < -0.4 is 0 Å². The van der Waals surface area contributed by atoms with E-state index in [2.05, 4.69) is 11.8 Å². The molecule has 0 amide bonds. The van der Waals surface area contributed by atoms with Crippen molar-refractivity contribution in [1.82, 2.24) is 0 Å². The lowest BCUT2D eigenvalue weighted by atomic mass is 10.1. The highest BCUT2D eigenvalue weighted by Crippen LogP contribution is 2.15. The van der Waals surface area contributed by atoms with E-state index in [1.807, 2.05) is 0 Å². The van der Waals surface area contributed by atoms with E-state index < -0.39 is 0 Å². The average molecular weight is 192 g/mol. The van der Waals surface area contributed by atoms with Gasteiger partial charge in [-0.15, -0.1) is 0 Å². The molecule has 1 N–H and O–H groups in total. The highest BCUT2D eigenvalue weighted by Gasteiger charge is 1.98. The predicted molar refractivity (Wildman–Crippen MR) is 49.9 cm³/mol. The smallest absolute Gasteiger partial charge is 0.152 e. The average Bonchev–Trinajstić information content (AvgIpc) is 2.16. The van der Waals surface area contributed by atoms with E-state index in [1.165, 1.54) is 0 Å². The molecular weight excluding hydrogens is 186 g/mol. The Morgan fingerprint density at radius 1 is 1.46 bits per heavy atom. The highest BCUT2D eigenvalue weighted by molar-refractivity contribution is 6.30. The number of aliphatic hydroxyl groups excluding tert-OH is 1. The molecule has 0 aliphatic heterocycles. The number of hydrogen-bond donors (Lipinski definition) is 1. The summed E-state index contributed by atoms with van der Waals surface area (Å²) in [5.74, 6) is 4.87. The van der Waals surface area contributed by atoms with Crippen molar-refractivity contribution in [2.24, 2.45) is 0 Å².